The molecule has 0 saturated carbocycles. The van der Waals surface area contributed by atoms with Crippen molar-refractivity contribution in [2.75, 3.05) is 12.3 Å². The molecule has 0 amide bonds. The molecule has 108 valence electrons. The highest BCUT2D eigenvalue weighted by molar-refractivity contribution is 9.10. The smallest absolute Gasteiger partial charge is 0.0217 e. The number of rotatable bonds is 9. The number of halogens is 1. The highest BCUT2D eigenvalue weighted by Crippen LogP contribution is 2.27. The molecular weight excluding hydrogens is 318 g/mol. The van der Waals surface area contributed by atoms with E-state index < -0.39 is 0 Å². The van der Waals surface area contributed by atoms with Gasteiger partial charge in [-0.1, -0.05) is 49.5 Å². The first-order chi connectivity index (χ1) is 9.13. The summed E-state index contributed by atoms with van der Waals surface area (Å²) >= 11 is 5.57. The van der Waals surface area contributed by atoms with Crippen LogP contribution in [0.15, 0.2) is 27.6 Å². The van der Waals surface area contributed by atoms with Gasteiger partial charge in [0.1, 0.15) is 0 Å². The molecular formula is C16H26BrNS. The van der Waals surface area contributed by atoms with Crippen molar-refractivity contribution in [3.05, 3.63) is 28.2 Å². The van der Waals surface area contributed by atoms with Crippen LogP contribution in [0.1, 0.15) is 45.6 Å². The fourth-order valence-electron chi connectivity index (χ4n) is 1.86. The molecule has 0 aromatic heterocycles. The van der Waals surface area contributed by atoms with Crippen LogP contribution in [0.25, 0.3) is 0 Å². The molecule has 1 aromatic carbocycles. The number of thioether (sulfide) groups is 1. The molecule has 0 saturated heterocycles. The summed E-state index contributed by atoms with van der Waals surface area (Å²) in [5, 5.41) is 3.54. The van der Waals surface area contributed by atoms with Gasteiger partial charge in [-0.25, -0.2) is 0 Å². The van der Waals surface area contributed by atoms with E-state index in [4.69, 9.17) is 0 Å². The molecule has 0 radical (unpaired) electrons. The largest absolute Gasteiger partial charge is 0.312 e. The fourth-order valence-corrected chi connectivity index (χ4v) is 3.31. The van der Waals surface area contributed by atoms with Crippen LogP contribution < -0.4 is 5.32 Å². The lowest BCUT2D eigenvalue weighted by atomic mass is 10.2. The van der Waals surface area contributed by atoms with Gasteiger partial charge in [0, 0.05) is 15.9 Å². The molecule has 0 atom stereocenters. The van der Waals surface area contributed by atoms with Gasteiger partial charge in [0.15, 0.2) is 0 Å². The summed E-state index contributed by atoms with van der Waals surface area (Å²) in [6.07, 6.45) is 3.95. The van der Waals surface area contributed by atoms with Gasteiger partial charge in [0.2, 0.25) is 0 Å². The summed E-state index contributed by atoms with van der Waals surface area (Å²) in [7, 11) is 0. The third-order valence-electron chi connectivity index (χ3n) is 2.90. The zero-order valence-electron chi connectivity index (χ0n) is 12.3. The topological polar surface area (TPSA) is 12.0 Å². The van der Waals surface area contributed by atoms with Crippen LogP contribution in [-0.2, 0) is 6.54 Å². The van der Waals surface area contributed by atoms with Gasteiger partial charge in [0.05, 0.1) is 0 Å². The average molecular weight is 344 g/mol. The summed E-state index contributed by atoms with van der Waals surface area (Å²) in [5.41, 5.74) is 1.41. The van der Waals surface area contributed by atoms with Crippen LogP contribution in [0.3, 0.4) is 0 Å². The second-order valence-corrected chi connectivity index (χ2v) is 7.38. The van der Waals surface area contributed by atoms with E-state index in [9.17, 15) is 0 Å². The first-order valence-electron chi connectivity index (χ1n) is 7.25. The van der Waals surface area contributed by atoms with Crippen molar-refractivity contribution in [1.82, 2.24) is 5.32 Å². The normalized spacial score (nSPS) is 11.2. The molecule has 0 spiro atoms. The minimum Gasteiger partial charge on any atom is -0.312 e. The number of benzene rings is 1. The third-order valence-corrected chi connectivity index (χ3v) is 4.59. The number of hydrogen-bond donors (Lipinski definition) is 1. The Morgan fingerprint density at radius 2 is 2.05 bits per heavy atom. The van der Waals surface area contributed by atoms with Crippen molar-refractivity contribution in [2.45, 2.75) is 51.5 Å². The minimum absolute atomic E-state index is 0.702. The van der Waals surface area contributed by atoms with Crippen LogP contribution in [0.2, 0.25) is 0 Å². The fraction of sp³-hybridized carbons (Fsp3) is 0.625. The van der Waals surface area contributed by atoms with Gasteiger partial charge in [-0.3, -0.25) is 0 Å². The van der Waals surface area contributed by atoms with E-state index in [1.54, 1.807) is 0 Å². The Labute approximate surface area is 131 Å². The van der Waals surface area contributed by atoms with E-state index in [1.165, 1.54) is 39.9 Å². The van der Waals surface area contributed by atoms with E-state index in [1.807, 2.05) is 11.8 Å². The molecule has 0 aliphatic heterocycles. The number of nitrogens with one attached hydrogen (secondary N) is 1. The van der Waals surface area contributed by atoms with E-state index in [-0.39, 0.29) is 0 Å². The summed E-state index contributed by atoms with van der Waals surface area (Å²) in [6.45, 7) is 8.79. The molecule has 0 heterocycles. The molecule has 0 aliphatic rings. The third kappa shape index (κ3) is 7.38. The van der Waals surface area contributed by atoms with Gasteiger partial charge in [0.25, 0.3) is 0 Å². The summed E-state index contributed by atoms with van der Waals surface area (Å²) in [6, 6.07) is 6.64. The Bertz CT molecular complexity index is 366. The molecule has 0 aliphatic carbocycles. The summed E-state index contributed by atoms with van der Waals surface area (Å²) in [4.78, 5) is 1.43. The maximum Gasteiger partial charge on any atom is 0.0217 e. The Morgan fingerprint density at radius 1 is 1.26 bits per heavy atom. The number of unbranched alkanes of at least 4 members (excludes halogenated alkanes) is 2. The summed E-state index contributed by atoms with van der Waals surface area (Å²) in [5.74, 6) is 1.93. The Hall–Kier alpha value is 0.01000. The molecule has 1 N–H and O–H groups in total. The predicted octanol–water partition coefficient (Wildman–Crippen LogP) is 5.48. The molecule has 0 fully saturated rings. The minimum atomic E-state index is 0.702. The number of hydrogen-bond acceptors (Lipinski definition) is 2. The Kier molecular flexibility index (Phi) is 8.84. The van der Waals surface area contributed by atoms with Crippen LogP contribution in [0, 0.1) is 5.92 Å². The van der Waals surface area contributed by atoms with Crippen LogP contribution in [0.5, 0.6) is 0 Å². The van der Waals surface area contributed by atoms with Gasteiger partial charge >= 0.3 is 0 Å². The zero-order chi connectivity index (χ0) is 14.1. The van der Waals surface area contributed by atoms with Crippen molar-refractivity contribution in [3.63, 3.8) is 0 Å². The highest BCUT2D eigenvalue weighted by Gasteiger charge is 2.04. The molecule has 3 heteroatoms. The van der Waals surface area contributed by atoms with Gasteiger partial charge in [-0.05, 0) is 48.4 Å². The lowest BCUT2D eigenvalue weighted by molar-refractivity contribution is 0.550. The summed E-state index contributed by atoms with van der Waals surface area (Å²) < 4.78 is 1.17. The van der Waals surface area contributed by atoms with Crippen LogP contribution >= 0.6 is 27.7 Å². The first-order valence-corrected chi connectivity index (χ1v) is 9.03. The van der Waals surface area contributed by atoms with Crippen molar-refractivity contribution in [2.24, 2.45) is 5.92 Å². The standard InChI is InChI=1S/C16H26BrNS/c1-4-5-6-9-19-16-8-7-15(17)10-14(16)12-18-11-13(2)3/h7-8,10,13,18H,4-6,9,11-12H2,1-3H3. The molecule has 1 aromatic rings. The predicted molar refractivity (Wildman–Crippen MR) is 90.9 cm³/mol. The second kappa shape index (κ2) is 9.84. The van der Waals surface area contributed by atoms with E-state index in [2.05, 4.69) is 60.2 Å². The van der Waals surface area contributed by atoms with Crippen molar-refractivity contribution >= 4 is 27.7 Å². The molecule has 1 rings (SSSR count). The van der Waals surface area contributed by atoms with Gasteiger partial charge < -0.3 is 5.32 Å². The quantitative estimate of drug-likeness (QED) is 0.470. The maximum absolute atomic E-state index is 3.57. The molecule has 0 unspecified atom stereocenters. The van der Waals surface area contributed by atoms with Crippen molar-refractivity contribution in [3.8, 4) is 0 Å². The second-order valence-electron chi connectivity index (χ2n) is 5.33. The molecule has 19 heavy (non-hydrogen) atoms. The van der Waals surface area contributed by atoms with Crippen molar-refractivity contribution in [1.29, 1.82) is 0 Å². The first kappa shape index (κ1) is 17.1. The Morgan fingerprint density at radius 3 is 2.74 bits per heavy atom. The lowest BCUT2D eigenvalue weighted by Crippen LogP contribution is -2.19. The highest BCUT2D eigenvalue weighted by atomic mass is 79.9. The SMILES string of the molecule is CCCCCSc1ccc(Br)cc1CNCC(C)C. The average Bonchev–Trinajstić information content (AvgIpc) is 2.36. The van der Waals surface area contributed by atoms with Crippen LogP contribution in [0.4, 0.5) is 0 Å². The van der Waals surface area contributed by atoms with E-state index in [0.29, 0.717) is 5.92 Å². The van der Waals surface area contributed by atoms with Crippen molar-refractivity contribution < 1.29 is 0 Å². The van der Waals surface area contributed by atoms with Gasteiger partial charge in [-0.15, -0.1) is 11.8 Å². The van der Waals surface area contributed by atoms with E-state index in [0.717, 1.165) is 13.1 Å². The molecule has 0 bridgehead atoms. The Balaban J connectivity index is 2.53. The molecule has 1 nitrogen and oxygen atoms in total. The van der Waals surface area contributed by atoms with E-state index >= 15 is 0 Å². The van der Waals surface area contributed by atoms with Crippen LogP contribution in [-0.4, -0.2) is 12.3 Å². The monoisotopic (exact) mass is 343 g/mol. The zero-order valence-corrected chi connectivity index (χ0v) is 14.7. The maximum atomic E-state index is 3.57. The van der Waals surface area contributed by atoms with Gasteiger partial charge in [-0.2, -0.15) is 0 Å². The lowest BCUT2D eigenvalue weighted by Gasteiger charge is -2.12.